The molecule has 3 N–H and O–H groups in total. The number of ether oxygens (including phenoxy) is 1. The molecule has 0 bridgehead atoms. The molecule has 0 spiro atoms. The van der Waals surface area contributed by atoms with Crippen molar-refractivity contribution in [2.24, 2.45) is 0 Å². The van der Waals surface area contributed by atoms with Crippen molar-refractivity contribution in [3.05, 3.63) is 11.8 Å². The second kappa shape index (κ2) is 7.82. The number of nitrogens with one attached hydrogen (secondary N) is 1. The number of nitrogens with zero attached hydrogens (tertiary/aromatic N) is 2. The summed E-state index contributed by atoms with van der Waals surface area (Å²) in [5.41, 5.74) is 5.84. The van der Waals surface area contributed by atoms with E-state index < -0.39 is 5.97 Å². The monoisotopic (exact) mass is 312 g/mol. The van der Waals surface area contributed by atoms with Crippen molar-refractivity contribution in [1.29, 1.82) is 0 Å². The average Bonchev–Trinajstić information content (AvgIpc) is 2.38. The molecule has 0 fully saturated rings. The quantitative estimate of drug-likeness (QED) is 0.462. The summed E-state index contributed by atoms with van der Waals surface area (Å²) in [5, 5.41) is 2.78. The third kappa shape index (κ3) is 5.22. The molecule has 0 aliphatic heterocycles. The minimum absolute atomic E-state index is 0.0439. The first-order chi connectivity index (χ1) is 9.85. The molecule has 1 rings (SSSR count). The molecule has 0 aromatic carbocycles. The molecule has 1 amide bonds. The number of carbonyl (C=O) groups is 2. The van der Waals surface area contributed by atoms with Gasteiger partial charge in [-0.2, -0.15) is 0 Å². The van der Waals surface area contributed by atoms with Gasteiger partial charge in [-0.25, -0.2) is 14.8 Å². The lowest BCUT2D eigenvalue weighted by molar-refractivity contribution is -0.120. The average molecular weight is 312 g/mol. The number of aromatic nitrogens is 2. The van der Waals surface area contributed by atoms with Crippen LogP contribution in [0, 0.1) is 0 Å². The summed E-state index contributed by atoms with van der Waals surface area (Å²) < 4.78 is 4.84. The second-order valence-electron chi connectivity index (χ2n) is 4.60. The van der Waals surface area contributed by atoms with Crippen LogP contribution in [0.2, 0.25) is 0 Å². The largest absolute Gasteiger partial charge is 0.462 e. The van der Waals surface area contributed by atoms with Crippen molar-refractivity contribution in [3.8, 4) is 0 Å². The molecule has 1 heterocycles. The Morgan fingerprint density at radius 2 is 2.10 bits per heavy atom. The summed E-state index contributed by atoms with van der Waals surface area (Å²) in [6, 6.07) is 0.0673. The minimum Gasteiger partial charge on any atom is -0.462 e. The number of rotatable bonds is 6. The van der Waals surface area contributed by atoms with Crippen molar-refractivity contribution >= 4 is 29.5 Å². The van der Waals surface area contributed by atoms with Gasteiger partial charge >= 0.3 is 5.97 Å². The van der Waals surface area contributed by atoms with Crippen molar-refractivity contribution in [2.45, 2.75) is 44.1 Å². The van der Waals surface area contributed by atoms with Gasteiger partial charge in [0.15, 0.2) is 5.16 Å². The zero-order valence-corrected chi connectivity index (χ0v) is 13.4. The molecule has 0 aliphatic rings. The van der Waals surface area contributed by atoms with Crippen LogP contribution in [0.3, 0.4) is 0 Å². The first-order valence-corrected chi connectivity index (χ1v) is 7.49. The van der Waals surface area contributed by atoms with E-state index in [1.807, 2.05) is 13.8 Å². The van der Waals surface area contributed by atoms with E-state index in [2.05, 4.69) is 15.3 Å². The molecular formula is C13H20N4O3S. The number of thioether (sulfide) groups is 1. The first kappa shape index (κ1) is 17.2. The van der Waals surface area contributed by atoms with Crippen LogP contribution in [0.25, 0.3) is 0 Å². The molecule has 7 nitrogen and oxygen atoms in total. The van der Waals surface area contributed by atoms with Crippen LogP contribution >= 0.6 is 11.8 Å². The molecular weight excluding hydrogens is 292 g/mol. The molecule has 116 valence electrons. The van der Waals surface area contributed by atoms with E-state index in [9.17, 15) is 9.59 Å². The summed E-state index contributed by atoms with van der Waals surface area (Å²) >= 11 is 1.18. The molecule has 0 saturated heterocycles. The Labute approximate surface area is 128 Å². The molecule has 0 aliphatic carbocycles. The van der Waals surface area contributed by atoms with Gasteiger partial charge in [0.05, 0.1) is 11.9 Å². The molecule has 1 unspecified atom stereocenters. The lowest BCUT2D eigenvalue weighted by Crippen LogP contribution is -2.36. The normalized spacial score (nSPS) is 12.0. The fourth-order valence-electron chi connectivity index (χ4n) is 1.41. The first-order valence-electron chi connectivity index (χ1n) is 6.61. The van der Waals surface area contributed by atoms with Crippen LogP contribution in [0.1, 0.15) is 38.1 Å². The maximum absolute atomic E-state index is 11.8. The Morgan fingerprint density at radius 1 is 1.43 bits per heavy atom. The second-order valence-corrected chi connectivity index (χ2v) is 5.90. The van der Waals surface area contributed by atoms with E-state index in [0.717, 1.165) is 0 Å². The number of carbonyl (C=O) groups excluding carboxylic acids is 2. The van der Waals surface area contributed by atoms with E-state index in [4.69, 9.17) is 10.5 Å². The summed E-state index contributed by atoms with van der Waals surface area (Å²) in [4.78, 5) is 31.4. The van der Waals surface area contributed by atoms with Gasteiger partial charge in [0.25, 0.3) is 0 Å². The zero-order chi connectivity index (χ0) is 16.0. The molecule has 1 aromatic heterocycles. The highest BCUT2D eigenvalue weighted by molar-refractivity contribution is 8.00. The van der Waals surface area contributed by atoms with E-state index >= 15 is 0 Å². The summed E-state index contributed by atoms with van der Waals surface area (Å²) in [7, 11) is 0. The van der Waals surface area contributed by atoms with Gasteiger partial charge in [-0.05, 0) is 27.7 Å². The van der Waals surface area contributed by atoms with Crippen molar-refractivity contribution in [3.63, 3.8) is 0 Å². The van der Waals surface area contributed by atoms with Crippen LogP contribution in [0.5, 0.6) is 0 Å². The SMILES string of the molecule is CCOC(=O)c1cnc(SC(C)C(=O)NC(C)C)nc1N. The predicted molar refractivity (Wildman–Crippen MR) is 81.0 cm³/mol. The van der Waals surface area contributed by atoms with E-state index in [1.54, 1.807) is 13.8 Å². The fraction of sp³-hybridized carbons (Fsp3) is 0.538. The van der Waals surface area contributed by atoms with Crippen LogP contribution in [0.4, 0.5) is 5.82 Å². The number of amides is 1. The van der Waals surface area contributed by atoms with Gasteiger partial charge in [0, 0.05) is 12.2 Å². The highest BCUT2D eigenvalue weighted by Gasteiger charge is 2.19. The summed E-state index contributed by atoms with van der Waals surface area (Å²) in [6.45, 7) is 7.48. The molecule has 1 atom stereocenters. The summed E-state index contributed by atoms with van der Waals surface area (Å²) in [5.74, 6) is -0.619. The van der Waals surface area contributed by atoms with E-state index in [1.165, 1.54) is 18.0 Å². The Balaban J connectivity index is 2.75. The lowest BCUT2D eigenvalue weighted by atomic mass is 10.3. The number of hydrogen-bond donors (Lipinski definition) is 2. The van der Waals surface area contributed by atoms with Crippen LogP contribution in [0.15, 0.2) is 11.4 Å². The molecule has 0 radical (unpaired) electrons. The highest BCUT2D eigenvalue weighted by atomic mass is 32.2. The maximum atomic E-state index is 11.8. The Kier molecular flexibility index (Phi) is 6.41. The fourth-order valence-corrected chi connectivity index (χ4v) is 2.17. The van der Waals surface area contributed by atoms with Crippen molar-refractivity contribution in [1.82, 2.24) is 15.3 Å². The van der Waals surface area contributed by atoms with Gasteiger partial charge in [0.1, 0.15) is 11.4 Å². The maximum Gasteiger partial charge on any atom is 0.343 e. The van der Waals surface area contributed by atoms with E-state index in [0.29, 0.717) is 5.16 Å². The smallest absolute Gasteiger partial charge is 0.343 e. The van der Waals surface area contributed by atoms with Gasteiger partial charge in [0.2, 0.25) is 5.91 Å². The van der Waals surface area contributed by atoms with Gasteiger partial charge < -0.3 is 15.8 Å². The highest BCUT2D eigenvalue weighted by Crippen LogP contribution is 2.21. The number of nitrogen functional groups attached to an aromatic ring is 1. The Morgan fingerprint density at radius 3 is 2.62 bits per heavy atom. The zero-order valence-electron chi connectivity index (χ0n) is 12.5. The molecule has 8 heteroatoms. The Bertz CT molecular complexity index is 522. The third-order valence-corrected chi connectivity index (χ3v) is 3.35. The van der Waals surface area contributed by atoms with Crippen LogP contribution in [-0.2, 0) is 9.53 Å². The molecule has 0 saturated carbocycles. The van der Waals surface area contributed by atoms with Crippen molar-refractivity contribution < 1.29 is 14.3 Å². The standard InChI is InChI=1S/C13H20N4O3S/c1-5-20-12(19)9-6-15-13(17-10(9)14)21-8(4)11(18)16-7(2)3/h6-8H,5H2,1-4H3,(H,16,18)(H2,14,15,17). The number of esters is 1. The number of nitrogens with two attached hydrogens (primary N) is 1. The topological polar surface area (TPSA) is 107 Å². The van der Waals surface area contributed by atoms with Crippen LogP contribution < -0.4 is 11.1 Å². The van der Waals surface area contributed by atoms with E-state index in [-0.39, 0.29) is 35.2 Å². The van der Waals surface area contributed by atoms with Gasteiger partial charge in [-0.1, -0.05) is 11.8 Å². The lowest BCUT2D eigenvalue weighted by Gasteiger charge is -2.13. The van der Waals surface area contributed by atoms with Gasteiger partial charge in [-0.3, -0.25) is 4.79 Å². The van der Waals surface area contributed by atoms with Crippen LogP contribution in [-0.4, -0.2) is 39.7 Å². The van der Waals surface area contributed by atoms with Gasteiger partial charge in [-0.15, -0.1) is 0 Å². The third-order valence-electron chi connectivity index (χ3n) is 2.37. The number of hydrogen-bond acceptors (Lipinski definition) is 7. The molecule has 21 heavy (non-hydrogen) atoms. The molecule has 1 aromatic rings. The minimum atomic E-state index is -0.558. The predicted octanol–water partition coefficient (Wildman–Crippen LogP) is 1.24. The Hall–Kier alpha value is -1.83. The van der Waals surface area contributed by atoms with Crippen molar-refractivity contribution in [2.75, 3.05) is 12.3 Å². The number of anilines is 1. The summed E-state index contributed by atoms with van der Waals surface area (Å²) in [6.07, 6.45) is 1.32.